The second-order valence-corrected chi connectivity index (χ2v) is 23.8. The molecule has 188 valence electrons. The molecule has 0 aromatic rings. The van der Waals surface area contributed by atoms with Gasteiger partial charge >= 0.3 is 34.2 Å². The van der Waals surface area contributed by atoms with Crippen LogP contribution in [0.25, 0.3) is 0 Å². The Labute approximate surface area is 204 Å². The minimum Gasteiger partial charge on any atom is -0.413 e. The van der Waals surface area contributed by atoms with E-state index >= 15 is 0 Å². The molecule has 1 aliphatic heterocycles. The molecule has 1 aliphatic rings. The van der Waals surface area contributed by atoms with Gasteiger partial charge in [0.1, 0.15) is 0 Å². The van der Waals surface area contributed by atoms with Crippen molar-refractivity contribution in [3.63, 3.8) is 0 Å². The second kappa shape index (κ2) is 14.6. The first kappa shape index (κ1) is 30.2. The molecule has 1 rings (SSSR count). The van der Waals surface area contributed by atoms with Gasteiger partial charge in [-0.25, -0.2) is 0 Å². The number of hydrogen-bond donors (Lipinski definition) is 0. The fraction of sp³-hybridized carbons (Fsp3) is 0.833. The van der Waals surface area contributed by atoms with E-state index in [1.807, 2.05) is 11.4 Å². The van der Waals surface area contributed by atoms with Crippen LogP contribution in [-0.2, 0) is 16.5 Å². The average Bonchev–Trinajstić information content (AvgIpc) is 2.72. The van der Waals surface area contributed by atoms with Crippen molar-refractivity contribution in [2.45, 2.75) is 129 Å². The van der Waals surface area contributed by atoms with Gasteiger partial charge in [-0.15, -0.1) is 13.2 Å². The first-order chi connectivity index (χ1) is 15.1. The summed E-state index contributed by atoms with van der Waals surface area (Å²) >= 11 is 0. The van der Waals surface area contributed by atoms with Gasteiger partial charge in [-0.05, 0) is 38.3 Å². The molecule has 4 nitrogen and oxygen atoms in total. The second-order valence-electron chi connectivity index (χ2n) is 10.2. The number of hydrogen-bond acceptors (Lipinski definition) is 4. The Bertz CT molecular complexity index is 498. The molecule has 0 bridgehead atoms. The smallest absolute Gasteiger partial charge is 0.343 e. The maximum Gasteiger partial charge on any atom is 0.343 e. The molecule has 1 fully saturated rings. The summed E-state index contributed by atoms with van der Waals surface area (Å²) in [7, 11) is -10.1. The zero-order chi connectivity index (χ0) is 24.1. The molecule has 0 radical (unpaired) electrons. The van der Waals surface area contributed by atoms with E-state index < -0.39 is 34.2 Å². The molecule has 0 spiro atoms. The van der Waals surface area contributed by atoms with E-state index in [0.717, 1.165) is 24.9 Å². The highest BCUT2D eigenvalue weighted by atomic mass is 28.5. The largest absolute Gasteiger partial charge is 0.413 e. The summed E-state index contributed by atoms with van der Waals surface area (Å²) in [5.74, 6) is 0. The van der Waals surface area contributed by atoms with Crippen molar-refractivity contribution < 1.29 is 16.5 Å². The zero-order valence-corrected chi connectivity index (χ0v) is 26.1. The van der Waals surface area contributed by atoms with Gasteiger partial charge in [0, 0.05) is 0 Å². The van der Waals surface area contributed by atoms with E-state index in [-0.39, 0.29) is 0 Å². The Morgan fingerprint density at radius 1 is 0.500 bits per heavy atom. The van der Waals surface area contributed by atoms with Crippen molar-refractivity contribution in [1.82, 2.24) is 0 Å². The molecule has 0 atom stereocenters. The van der Waals surface area contributed by atoms with Crippen LogP contribution >= 0.6 is 0 Å². The first-order valence-corrected chi connectivity index (χ1v) is 23.0. The summed E-state index contributed by atoms with van der Waals surface area (Å²) in [5, 5.41) is 0. The van der Waals surface area contributed by atoms with Crippen LogP contribution in [0.2, 0.25) is 38.3 Å². The molecule has 1 heterocycles. The molecule has 1 saturated heterocycles. The van der Waals surface area contributed by atoms with Crippen LogP contribution in [0.1, 0.15) is 90.9 Å². The Hall–Kier alpha value is 0.188. The topological polar surface area (TPSA) is 36.9 Å². The van der Waals surface area contributed by atoms with Crippen molar-refractivity contribution >= 4 is 34.2 Å². The van der Waals surface area contributed by atoms with Crippen LogP contribution in [0, 0.1) is 0 Å². The molecule has 8 heteroatoms. The maximum atomic E-state index is 6.85. The predicted molar refractivity (Wildman–Crippen MR) is 148 cm³/mol. The van der Waals surface area contributed by atoms with Crippen molar-refractivity contribution in [1.29, 1.82) is 0 Å². The van der Waals surface area contributed by atoms with Crippen LogP contribution < -0.4 is 0 Å². The van der Waals surface area contributed by atoms with Gasteiger partial charge in [-0.3, -0.25) is 0 Å². The first-order valence-electron chi connectivity index (χ1n) is 13.1. The minimum absolute atomic E-state index is 0.981. The lowest BCUT2D eigenvalue weighted by Crippen LogP contribution is -2.66. The van der Waals surface area contributed by atoms with Crippen molar-refractivity contribution in [2.24, 2.45) is 0 Å². The number of rotatable bonds is 16. The van der Waals surface area contributed by atoms with Gasteiger partial charge in [-0.1, -0.05) is 102 Å². The van der Waals surface area contributed by atoms with Gasteiger partial charge in [0.2, 0.25) is 0 Å². The standard InChI is InChI=1S/C24H52O4Si4/c1-9-13-15-17-19-21-23-31(7)25-29(5,11-3)27-32(8,28-30(6,12-4)26-31)24-22-20-18-16-14-10-2/h11-12H,3-4,9-10,13-24H2,1-2,5-8H3. The van der Waals surface area contributed by atoms with Crippen LogP contribution in [0.3, 0.4) is 0 Å². The Morgan fingerprint density at radius 3 is 1.06 bits per heavy atom. The fourth-order valence-corrected chi connectivity index (χ4v) is 25.3. The van der Waals surface area contributed by atoms with Gasteiger partial charge in [0.15, 0.2) is 0 Å². The average molecular weight is 517 g/mol. The highest BCUT2D eigenvalue weighted by Gasteiger charge is 2.55. The highest BCUT2D eigenvalue weighted by Crippen LogP contribution is 2.36. The quantitative estimate of drug-likeness (QED) is 0.152. The third-order valence-electron chi connectivity index (χ3n) is 6.38. The summed E-state index contributed by atoms with van der Waals surface area (Å²) < 4.78 is 27.4. The van der Waals surface area contributed by atoms with E-state index in [9.17, 15) is 0 Å². The molecule has 0 aliphatic carbocycles. The van der Waals surface area contributed by atoms with Gasteiger partial charge in [0.05, 0.1) is 0 Å². The normalized spacial score (nSPS) is 33.4. The molecular formula is C24H52O4Si4. The maximum absolute atomic E-state index is 6.85. The molecule has 0 N–H and O–H groups in total. The monoisotopic (exact) mass is 516 g/mol. The van der Waals surface area contributed by atoms with Gasteiger partial charge in [0.25, 0.3) is 0 Å². The molecule has 32 heavy (non-hydrogen) atoms. The van der Waals surface area contributed by atoms with Gasteiger partial charge < -0.3 is 16.5 Å². The van der Waals surface area contributed by atoms with Crippen molar-refractivity contribution in [3.05, 3.63) is 24.6 Å². The molecule has 0 saturated carbocycles. The SMILES string of the molecule is C=C[Si]1(C)O[Si](C)(CCCCCCCC)O[Si](C)(C=C)O[Si](C)(CCCCCCCC)O1. The summed E-state index contributed by atoms with van der Waals surface area (Å²) in [5.41, 5.74) is 3.88. The lowest BCUT2D eigenvalue weighted by Gasteiger charge is -2.48. The van der Waals surface area contributed by atoms with Gasteiger partial charge in [-0.2, -0.15) is 0 Å². The molecule has 0 amide bonds. The third kappa shape index (κ3) is 11.1. The Balaban J connectivity index is 2.86. The summed E-state index contributed by atoms with van der Waals surface area (Å²) in [4.78, 5) is 0. The number of unbranched alkanes of at least 4 members (excludes halogenated alkanes) is 10. The summed E-state index contributed by atoms with van der Waals surface area (Å²) in [6.45, 7) is 21.4. The molecule has 0 unspecified atom stereocenters. The zero-order valence-electron chi connectivity index (χ0n) is 22.1. The van der Waals surface area contributed by atoms with Crippen molar-refractivity contribution in [2.75, 3.05) is 0 Å². The summed E-state index contributed by atoms with van der Waals surface area (Å²) in [6, 6.07) is 1.96. The highest BCUT2D eigenvalue weighted by molar-refractivity contribution is 6.96. The van der Waals surface area contributed by atoms with Crippen LogP contribution in [-0.4, -0.2) is 34.2 Å². The van der Waals surface area contributed by atoms with Crippen LogP contribution in [0.5, 0.6) is 0 Å². The van der Waals surface area contributed by atoms with Crippen LogP contribution in [0.4, 0.5) is 0 Å². The van der Waals surface area contributed by atoms with Crippen LogP contribution in [0.15, 0.2) is 24.6 Å². The van der Waals surface area contributed by atoms with E-state index in [0.29, 0.717) is 0 Å². The lowest BCUT2D eigenvalue weighted by atomic mass is 10.1. The lowest BCUT2D eigenvalue weighted by molar-refractivity contribution is 0.234. The van der Waals surface area contributed by atoms with Crippen molar-refractivity contribution in [3.8, 4) is 0 Å². The summed E-state index contributed by atoms with van der Waals surface area (Å²) in [6.07, 6.45) is 15.2. The fourth-order valence-electron chi connectivity index (χ4n) is 4.62. The molecule has 0 aromatic carbocycles. The molecular weight excluding hydrogens is 465 g/mol. The van der Waals surface area contributed by atoms with E-state index in [4.69, 9.17) is 16.5 Å². The Kier molecular flexibility index (Phi) is 13.7. The molecule has 0 aromatic heterocycles. The van der Waals surface area contributed by atoms with E-state index in [2.05, 4.69) is 53.2 Å². The minimum atomic E-state index is -2.58. The van der Waals surface area contributed by atoms with E-state index in [1.165, 1.54) is 64.2 Å². The van der Waals surface area contributed by atoms with E-state index in [1.54, 1.807) is 0 Å². The predicted octanol–water partition coefficient (Wildman–Crippen LogP) is 8.53. The Morgan fingerprint density at radius 2 is 0.781 bits per heavy atom. The third-order valence-corrected chi connectivity index (χ3v) is 23.8.